The van der Waals surface area contributed by atoms with Gasteiger partial charge in [-0.2, -0.15) is 0 Å². The molecule has 0 amide bonds. The second-order valence-electron chi connectivity index (χ2n) is 10.2. The van der Waals surface area contributed by atoms with Crippen molar-refractivity contribution >= 4 is 8.80 Å². The smallest absolute Gasteiger partial charge is 0.374 e. The van der Waals surface area contributed by atoms with Crippen molar-refractivity contribution in [1.82, 2.24) is 0 Å². The molecule has 206 valence electrons. The Bertz CT molecular complexity index is 399. The van der Waals surface area contributed by atoms with Crippen LogP contribution in [0, 0.1) is 0 Å². The van der Waals surface area contributed by atoms with Crippen LogP contribution in [0.2, 0.25) is 6.04 Å². The van der Waals surface area contributed by atoms with E-state index in [2.05, 4.69) is 41.5 Å². The van der Waals surface area contributed by atoms with Crippen LogP contribution in [0.15, 0.2) is 0 Å². The molecule has 0 bridgehead atoms. The van der Waals surface area contributed by atoms with Crippen LogP contribution in [0.5, 0.6) is 0 Å². The summed E-state index contributed by atoms with van der Waals surface area (Å²) in [5, 5.41) is 0. The van der Waals surface area contributed by atoms with Gasteiger partial charge < -0.3 is 17.8 Å². The van der Waals surface area contributed by atoms with Gasteiger partial charge in [0, 0.05) is 32.3 Å². The van der Waals surface area contributed by atoms with Crippen molar-refractivity contribution < 1.29 is 17.8 Å². The Kier molecular flexibility index (Phi) is 23.5. The summed E-state index contributed by atoms with van der Waals surface area (Å²) in [7, 11) is -2.52. The molecule has 0 aromatic heterocycles. The van der Waals surface area contributed by atoms with Crippen molar-refractivity contribution in [3.05, 3.63) is 0 Å². The Morgan fingerprint density at radius 3 is 1.18 bits per heavy atom. The first-order chi connectivity index (χ1) is 16.6. The number of rotatable bonds is 27. The highest BCUT2D eigenvalue weighted by Gasteiger charge is 2.40. The van der Waals surface area contributed by atoms with Gasteiger partial charge in [0.2, 0.25) is 0 Å². The number of quaternary nitrogens is 1. The van der Waals surface area contributed by atoms with E-state index in [0.717, 1.165) is 12.5 Å². The molecule has 0 aromatic rings. The highest BCUT2D eigenvalue weighted by atomic mass is 28.4. The molecular weight excluding hydrogens is 438 g/mol. The third kappa shape index (κ3) is 16.7. The monoisotopic (exact) mass is 502 g/mol. The van der Waals surface area contributed by atoms with Gasteiger partial charge in [-0.15, -0.1) is 0 Å². The maximum atomic E-state index is 6.11. The lowest BCUT2D eigenvalue weighted by Crippen LogP contribution is -2.52. The highest BCUT2D eigenvalue weighted by Crippen LogP contribution is 2.22. The molecule has 0 atom stereocenters. The fraction of sp³-hybridized carbons (Fsp3) is 1.00. The maximum absolute atomic E-state index is 6.11. The van der Waals surface area contributed by atoms with Gasteiger partial charge >= 0.3 is 8.80 Å². The topological polar surface area (TPSA) is 27.7 Å². The van der Waals surface area contributed by atoms with E-state index >= 15 is 0 Å². The van der Waals surface area contributed by atoms with Crippen LogP contribution in [0.1, 0.15) is 138 Å². The molecule has 0 aromatic carbocycles. The van der Waals surface area contributed by atoms with E-state index in [1.807, 2.05) is 0 Å². The van der Waals surface area contributed by atoms with Crippen LogP contribution in [0.4, 0.5) is 0 Å². The quantitative estimate of drug-likeness (QED) is 0.0638. The lowest BCUT2D eigenvalue weighted by Gasteiger charge is -2.39. The predicted molar refractivity (Wildman–Crippen MR) is 151 cm³/mol. The molecule has 0 aliphatic carbocycles. The summed E-state index contributed by atoms with van der Waals surface area (Å²) < 4.78 is 19.6. The summed E-state index contributed by atoms with van der Waals surface area (Å²) in [6.07, 6.45) is 20.8. The standard InChI is InChI=1S/C29H64NO3Si/c1-7-13-14-15-16-17-18-19-20-21-22-23-27-30(25-8-2,26-9-3)28-24-29-34(31-10-4,32-11-5)33-12-6/h7-29H2,1-6H3/q+1. The lowest BCUT2D eigenvalue weighted by atomic mass is 10.0. The van der Waals surface area contributed by atoms with E-state index in [1.165, 1.54) is 121 Å². The second kappa shape index (κ2) is 23.5. The van der Waals surface area contributed by atoms with Crippen LogP contribution >= 0.6 is 0 Å². The second-order valence-corrected chi connectivity index (χ2v) is 12.9. The molecule has 0 aliphatic heterocycles. The number of unbranched alkanes of at least 4 members (excludes halogenated alkanes) is 11. The van der Waals surface area contributed by atoms with E-state index in [-0.39, 0.29) is 0 Å². The average Bonchev–Trinajstić information content (AvgIpc) is 2.81. The van der Waals surface area contributed by atoms with Gasteiger partial charge in [-0.1, -0.05) is 85.0 Å². The SMILES string of the molecule is CCCCCCCCCCCCCC[N+](CCC)(CCC)CCC[Si](OCC)(OCC)OCC. The summed E-state index contributed by atoms with van der Waals surface area (Å²) in [6, 6.07) is 0.953. The summed E-state index contributed by atoms with van der Waals surface area (Å²) >= 11 is 0. The van der Waals surface area contributed by atoms with Crippen LogP contribution in [-0.2, 0) is 13.3 Å². The van der Waals surface area contributed by atoms with Crippen LogP contribution in [-0.4, -0.2) is 59.3 Å². The number of hydrogen-bond donors (Lipinski definition) is 0. The fourth-order valence-corrected chi connectivity index (χ4v) is 8.13. The first kappa shape index (κ1) is 34.1. The van der Waals surface area contributed by atoms with Crippen molar-refractivity contribution in [2.24, 2.45) is 0 Å². The molecular formula is C29H64NO3Si+. The normalized spacial score (nSPS) is 12.5. The predicted octanol–water partition coefficient (Wildman–Crippen LogP) is 8.76. The van der Waals surface area contributed by atoms with E-state index in [4.69, 9.17) is 13.3 Å². The highest BCUT2D eigenvalue weighted by molar-refractivity contribution is 6.60. The van der Waals surface area contributed by atoms with Crippen LogP contribution < -0.4 is 0 Å². The van der Waals surface area contributed by atoms with Gasteiger partial charge in [0.25, 0.3) is 0 Å². The van der Waals surface area contributed by atoms with E-state index in [0.29, 0.717) is 19.8 Å². The molecule has 5 heteroatoms. The van der Waals surface area contributed by atoms with E-state index in [9.17, 15) is 0 Å². The molecule has 0 aliphatic rings. The lowest BCUT2D eigenvalue weighted by molar-refractivity contribution is -0.928. The largest absolute Gasteiger partial charge is 0.501 e. The third-order valence-corrected chi connectivity index (χ3v) is 10.2. The number of nitrogens with zero attached hydrogens (tertiary/aromatic N) is 1. The minimum atomic E-state index is -2.52. The first-order valence-electron chi connectivity index (χ1n) is 15.3. The zero-order chi connectivity index (χ0) is 25.4. The van der Waals surface area contributed by atoms with Crippen molar-refractivity contribution in [2.45, 2.75) is 144 Å². The van der Waals surface area contributed by atoms with Gasteiger partial charge in [0.05, 0.1) is 26.2 Å². The van der Waals surface area contributed by atoms with Crippen molar-refractivity contribution in [3.8, 4) is 0 Å². The fourth-order valence-electron chi connectivity index (χ4n) is 5.54. The Morgan fingerprint density at radius 2 is 0.794 bits per heavy atom. The molecule has 0 radical (unpaired) electrons. The van der Waals surface area contributed by atoms with Gasteiger partial charge in [0.15, 0.2) is 0 Å². The summed E-state index contributed by atoms with van der Waals surface area (Å²) in [4.78, 5) is 0. The Morgan fingerprint density at radius 1 is 0.412 bits per heavy atom. The minimum Gasteiger partial charge on any atom is -0.374 e. The Hall–Kier alpha value is 0.0569. The van der Waals surface area contributed by atoms with Crippen LogP contribution in [0.25, 0.3) is 0 Å². The van der Waals surface area contributed by atoms with Crippen molar-refractivity contribution in [3.63, 3.8) is 0 Å². The molecule has 0 fully saturated rings. The van der Waals surface area contributed by atoms with Gasteiger partial charge in [-0.3, -0.25) is 0 Å². The summed E-state index contributed by atoms with van der Waals surface area (Å²) in [5.41, 5.74) is 0. The maximum Gasteiger partial charge on any atom is 0.501 e. The van der Waals surface area contributed by atoms with Gasteiger partial charge in [-0.05, 0) is 46.5 Å². The molecule has 34 heavy (non-hydrogen) atoms. The molecule has 0 N–H and O–H groups in total. The minimum absolute atomic E-state index is 0.676. The zero-order valence-corrected chi connectivity index (χ0v) is 25.4. The molecule has 0 spiro atoms. The summed E-state index contributed by atoms with van der Waals surface area (Å²) in [5.74, 6) is 0. The Labute approximate surface area is 216 Å². The zero-order valence-electron chi connectivity index (χ0n) is 24.4. The molecule has 0 unspecified atom stereocenters. The molecule has 4 nitrogen and oxygen atoms in total. The summed E-state index contributed by atoms with van der Waals surface area (Å²) in [6.45, 7) is 20.4. The molecule has 0 heterocycles. The molecule has 0 saturated carbocycles. The molecule has 0 rings (SSSR count). The van der Waals surface area contributed by atoms with Gasteiger partial charge in [0.1, 0.15) is 0 Å². The Balaban J connectivity index is 4.44. The van der Waals surface area contributed by atoms with Gasteiger partial charge in [-0.25, -0.2) is 0 Å². The third-order valence-electron chi connectivity index (χ3n) is 7.09. The average molecular weight is 503 g/mol. The van der Waals surface area contributed by atoms with Crippen molar-refractivity contribution in [2.75, 3.05) is 46.0 Å². The van der Waals surface area contributed by atoms with Crippen molar-refractivity contribution in [1.29, 1.82) is 0 Å². The molecule has 0 saturated heterocycles. The first-order valence-corrected chi connectivity index (χ1v) is 17.3. The number of hydrogen-bond acceptors (Lipinski definition) is 3. The van der Waals surface area contributed by atoms with E-state index < -0.39 is 8.80 Å². The van der Waals surface area contributed by atoms with E-state index in [1.54, 1.807) is 0 Å². The van der Waals surface area contributed by atoms with Crippen LogP contribution in [0.3, 0.4) is 0 Å².